The van der Waals surface area contributed by atoms with E-state index in [4.69, 9.17) is 10.6 Å². The molecule has 2 rings (SSSR count). The number of benzene rings is 1. The minimum atomic E-state index is -0.285. The van der Waals surface area contributed by atoms with Crippen LogP contribution in [0, 0.1) is 12.8 Å². The Kier molecular flexibility index (Phi) is 5.16. The van der Waals surface area contributed by atoms with Crippen LogP contribution in [0.15, 0.2) is 29.4 Å². The van der Waals surface area contributed by atoms with Gasteiger partial charge in [-0.2, -0.15) is 0 Å². The molecule has 0 aromatic heterocycles. The van der Waals surface area contributed by atoms with Crippen LogP contribution in [0.5, 0.6) is 0 Å². The Bertz CT molecular complexity index is 491. The minimum Gasteiger partial charge on any atom is -0.380 e. The molecular weight excluding hydrogens is 252 g/mol. The second-order valence-electron chi connectivity index (χ2n) is 5.52. The highest BCUT2D eigenvalue weighted by Gasteiger charge is 2.18. The Hall–Kier alpha value is -1.84. The van der Waals surface area contributed by atoms with Gasteiger partial charge in [0, 0.05) is 5.56 Å². The van der Waals surface area contributed by atoms with Gasteiger partial charge in [-0.3, -0.25) is 0 Å². The fourth-order valence-electron chi connectivity index (χ4n) is 2.62. The third kappa shape index (κ3) is 4.37. The Balaban J connectivity index is 1.86. The number of oxime groups is 1. The van der Waals surface area contributed by atoms with Gasteiger partial charge in [-0.25, -0.2) is 4.79 Å². The molecule has 0 amide bonds. The van der Waals surface area contributed by atoms with Crippen molar-refractivity contribution in [1.82, 2.24) is 0 Å². The van der Waals surface area contributed by atoms with Crippen LogP contribution in [0.25, 0.3) is 0 Å². The maximum absolute atomic E-state index is 11.7. The molecule has 0 spiro atoms. The maximum atomic E-state index is 11.7. The van der Waals surface area contributed by atoms with E-state index in [2.05, 4.69) is 5.16 Å². The third-order valence-electron chi connectivity index (χ3n) is 3.74. The highest BCUT2D eigenvalue weighted by atomic mass is 16.7. The number of nitrogens with zero attached hydrogens (tertiary/aromatic N) is 1. The summed E-state index contributed by atoms with van der Waals surface area (Å²) in [6.07, 6.45) is 6.40. The highest BCUT2D eigenvalue weighted by molar-refractivity contribution is 5.97. The van der Waals surface area contributed by atoms with Crippen molar-refractivity contribution in [2.75, 3.05) is 0 Å². The van der Waals surface area contributed by atoms with Crippen molar-refractivity contribution in [3.63, 3.8) is 0 Å². The summed E-state index contributed by atoms with van der Waals surface area (Å²) in [6.45, 7) is 1.98. The lowest BCUT2D eigenvalue weighted by atomic mass is 9.87. The first-order valence-electron chi connectivity index (χ1n) is 7.25. The molecule has 0 saturated heterocycles. The molecule has 1 saturated carbocycles. The van der Waals surface area contributed by atoms with Crippen molar-refractivity contribution in [2.45, 2.75) is 45.4 Å². The first-order chi connectivity index (χ1) is 9.65. The third-order valence-corrected chi connectivity index (χ3v) is 3.74. The molecule has 1 aromatic carbocycles. The molecule has 0 heterocycles. The Morgan fingerprint density at radius 2 is 2.10 bits per heavy atom. The minimum absolute atomic E-state index is 0.241. The molecule has 4 heteroatoms. The van der Waals surface area contributed by atoms with E-state index >= 15 is 0 Å². The first-order valence-corrected chi connectivity index (χ1v) is 7.25. The summed E-state index contributed by atoms with van der Waals surface area (Å²) in [4.78, 5) is 16.7. The molecule has 0 bridgehead atoms. The second-order valence-corrected chi connectivity index (χ2v) is 5.52. The molecular formula is C16H22N2O2. The van der Waals surface area contributed by atoms with Gasteiger partial charge in [-0.15, -0.1) is 0 Å². The molecule has 4 nitrogen and oxygen atoms in total. The van der Waals surface area contributed by atoms with Crippen LogP contribution in [-0.2, 0) is 9.63 Å². The van der Waals surface area contributed by atoms with E-state index in [-0.39, 0.29) is 11.8 Å². The molecule has 1 fully saturated rings. The maximum Gasteiger partial charge on any atom is 0.335 e. The summed E-state index contributed by atoms with van der Waals surface area (Å²) in [5.41, 5.74) is 7.68. The molecule has 0 atom stereocenters. The van der Waals surface area contributed by atoms with E-state index in [1.165, 1.54) is 19.3 Å². The lowest BCUT2D eigenvalue weighted by Crippen LogP contribution is -2.17. The fourth-order valence-corrected chi connectivity index (χ4v) is 2.62. The van der Waals surface area contributed by atoms with Crippen LogP contribution in [0.1, 0.15) is 49.7 Å². The molecule has 1 aromatic rings. The Morgan fingerprint density at radius 1 is 1.35 bits per heavy atom. The molecule has 1 aliphatic rings. The van der Waals surface area contributed by atoms with Gasteiger partial charge >= 0.3 is 5.97 Å². The SMILES string of the molecule is Cc1cccc(/C(N)=N\OC(=O)CC2CCCCC2)c1. The number of carbonyl (C=O) groups is 1. The summed E-state index contributed by atoms with van der Waals surface area (Å²) in [5, 5.41) is 3.75. The smallest absolute Gasteiger partial charge is 0.335 e. The van der Waals surface area contributed by atoms with Gasteiger partial charge in [0.2, 0.25) is 0 Å². The van der Waals surface area contributed by atoms with Crippen LogP contribution in [-0.4, -0.2) is 11.8 Å². The van der Waals surface area contributed by atoms with Gasteiger partial charge < -0.3 is 10.6 Å². The number of aryl methyl sites for hydroxylation is 1. The number of carbonyl (C=O) groups excluding carboxylic acids is 1. The molecule has 1 aliphatic carbocycles. The Labute approximate surface area is 120 Å². The predicted molar refractivity (Wildman–Crippen MR) is 79.2 cm³/mol. The number of rotatable bonds is 4. The van der Waals surface area contributed by atoms with Crippen LogP contribution in [0.2, 0.25) is 0 Å². The molecule has 20 heavy (non-hydrogen) atoms. The van der Waals surface area contributed by atoms with Gasteiger partial charge in [0.25, 0.3) is 0 Å². The normalized spacial score (nSPS) is 16.9. The summed E-state index contributed by atoms with van der Waals surface area (Å²) >= 11 is 0. The quantitative estimate of drug-likeness (QED) is 0.397. The summed E-state index contributed by atoms with van der Waals surface area (Å²) in [6, 6.07) is 7.64. The van der Waals surface area contributed by atoms with E-state index in [1.807, 2.05) is 31.2 Å². The first kappa shape index (κ1) is 14.6. The fraction of sp³-hybridized carbons (Fsp3) is 0.500. The molecule has 0 radical (unpaired) electrons. The van der Waals surface area contributed by atoms with E-state index in [9.17, 15) is 4.79 Å². The van der Waals surface area contributed by atoms with E-state index in [0.29, 0.717) is 12.3 Å². The zero-order valence-corrected chi connectivity index (χ0v) is 12.0. The van der Waals surface area contributed by atoms with Gasteiger partial charge in [0.15, 0.2) is 5.84 Å². The van der Waals surface area contributed by atoms with Gasteiger partial charge in [0.1, 0.15) is 0 Å². The van der Waals surface area contributed by atoms with Crippen LogP contribution in [0.3, 0.4) is 0 Å². The Morgan fingerprint density at radius 3 is 2.80 bits per heavy atom. The topological polar surface area (TPSA) is 64.7 Å². The van der Waals surface area contributed by atoms with Gasteiger partial charge in [-0.1, -0.05) is 48.2 Å². The second kappa shape index (κ2) is 7.08. The lowest BCUT2D eigenvalue weighted by molar-refractivity contribution is -0.145. The van der Waals surface area contributed by atoms with E-state index in [0.717, 1.165) is 24.0 Å². The summed E-state index contributed by atoms with van der Waals surface area (Å²) in [7, 11) is 0. The summed E-state index contributed by atoms with van der Waals surface area (Å²) in [5.74, 6) is 0.407. The molecule has 108 valence electrons. The zero-order valence-electron chi connectivity index (χ0n) is 12.0. The summed E-state index contributed by atoms with van der Waals surface area (Å²) < 4.78 is 0. The van der Waals surface area contributed by atoms with E-state index < -0.39 is 0 Å². The number of hydrogen-bond donors (Lipinski definition) is 1. The van der Waals surface area contributed by atoms with E-state index in [1.54, 1.807) is 0 Å². The van der Waals surface area contributed by atoms with Crippen LogP contribution < -0.4 is 5.73 Å². The highest BCUT2D eigenvalue weighted by Crippen LogP contribution is 2.26. The van der Waals surface area contributed by atoms with Crippen molar-refractivity contribution in [3.05, 3.63) is 35.4 Å². The zero-order chi connectivity index (χ0) is 14.4. The van der Waals surface area contributed by atoms with Crippen molar-refractivity contribution in [2.24, 2.45) is 16.8 Å². The van der Waals surface area contributed by atoms with Crippen molar-refractivity contribution < 1.29 is 9.63 Å². The molecule has 0 unspecified atom stereocenters. The van der Waals surface area contributed by atoms with Crippen LogP contribution >= 0.6 is 0 Å². The van der Waals surface area contributed by atoms with Crippen molar-refractivity contribution >= 4 is 11.8 Å². The molecule has 2 N–H and O–H groups in total. The monoisotopic (exact) mass is 274 g/mol. The number of hydrogen-bond acceptors (Lipinski definition) is 3. The average Bonchev–Trinajstić information content (AvgIpc) is 2.46. The predicted octanol–water partition coefficient (Wildman–Crippen LogP) is 3.13. The van der Waals surface area contributed by atoms with Crippen molar-refractivity contribution in [3.8, 4) is 0 Å². The lowest BCUT2D eigenvalue weighted by Gasteiger charge is -2.19. The number of nitrogens with two attached hydrogens (primary N) is 1. The van der Waals surface area contributed by atoms with Gasteiger partial charge in [-0.05, 0) is 31.7 Å². The van der Waals surface area contributed by atoms with Gasteiger partial charge in [0.05, 0.1) is 6.42 Å². The van der Waals surface area contributed by atoms with Crippen molar-refractivity contribution in [1.29, 1.82) is 0 Å². The standard InChI is InChI=1S/C16H22N2O2/c1-12-6-5-9-14(10-12)16(17)18-20-15(19)11-13-7-3-2-4-8-13/h5-6,9-10,13H,2-4,7-8,11H2,1H3,(H2,17,18). The van der Waals surface area contributed by atoms with Crippen LogP contribution in [0.4, 0.5) is 0 Å². The number of amidine groups is 1. The largest absolute Gasteiger partial charge is 0.380 e. The molecule has 0 aliphatic heterocycles. The average molecular weight is 274 g/mol.